The van der Waals surface area contributed by atoms with Crippen molar-refractivity contribution in [2.45, 2.75) is 13.5 Å². The zero-order valence-electron chi connectivity index (χ0n) is 18.4. The number of furan rings is 1. The SMILES string of the molecule is CCNC(=NCc1ccc2cc(OC)ccc2c1)N1CCN(C(=O)c2ccco2)CC1.I. The Bertz CT molecular complexity index is 1060. The number of rotatable bonds is 5. The Morgan fingerprint density at radius 2 is 1.78 bits per heavy atom. The van der Waals surface area contributed by atoms with Gasteiger partial charge in [-0.1, -0.05) is 18.2 Å². The third-order valence-corrected chi connectivity index (χ3v) is 5.46. The Hall–Kier alpha value is -2.75. The van der Waals surface area contributed by atoms with Crippen molar-refractivity contribution in [3.05, 3.63) is 66.1 Å². The highest BCUT2D eigenvalue weighted by Crippen LogP contribution is 2.22. The molecule has 32 heavy (non-hydrogen) atoms. The highest BCUT2D eigenvalue weighted by Gasteiger charge is 2.25. The topological polar surface area (TPSA) is 70.3 Å². The van der Waals surface area contributed by atoms with E-state index in [1.807, 2.05) is 17.0 Å². The maximum atomic E-state index is 12.5. The number of hydrogen-bond donors (Lipinski definition) is 1. The molecule has 7 nitrogen and oxygen atoms in total. The van der Waals surface area contributed by atoms with Crippen molar-refractivity contribution < 1.29 is 13.9 Å². The summed E-state index contributed by atoms with van der Waals surface area (Å²) in [6.45, 7) is 6.20. The number of carbonyl (C=O) groups is 1. The average Bonchev–Trinajstić information content (AvgIpc) is 3.36. The number of aliphatic imine (C=N–C) groups is 1. The lowest BCUT2D eigenvalue weighted by atomic mass is 10.1. The van der Waals surface area contributed by atoms with Gasteiger partial charge in [-0.2, -0.15) is 0 Å². The number of carbonyl (C=O) groups excluding carboxylic acids is 1. The van der Waals surface area contributed by atoms with Crippen molar-refractivity contribution in [2.75, 3.05) is 39.8 Å². The number of piperazine rings is 1. The number of nitrogens with one attached hydrogen (secondary N) is 1. The van der Waals surface area contributed by atoms with Gasteiger partial charge in [0.15, 0.2) is 11.7 Å². The van der Waals surface area contributed by atoms with Gasteiger partial charge in [0.2, 0.25) is 0 Å². The lowest BCUT2D eigenvalue weighted by Gasteiger charge is -2.36. The highest BCUT2D eigenvalue weighted by molar-refractivity contribution is 14.0. The number of fused-ring (bicyclic) bond motifs is 1. The van der Waals surface area contributed by atoms with Crippen LogP contribution in [-0.4, -0.2) is 61.5 Å². The van der Waals surface area contributed by atoms with E-state index in [1.54, 1.807) is 19.2 Å². The summed E-state index contributed by atoms with van der Waals surface area (Å²) in [6.07, 6.45) is 1.53. The first-order valence-corrected chi connectivity index (χ1v) is 10.6. The van der Waals surface area contributed by atoms with Gasteiger partial charge in [-0.05, 0) is 53.6 Å². The number of guanidine groups is 1. The predicted octanol–water partition coefficient (Wildman–Crippen LogP) is 3.98. The fourth-order valence-electron chi connectivity index (χ4n) is 3.77. The summed E-state index contributed by atoms with van der Waals surface area (Å²) in [6, 6.07) is 15.9. The Morgan fingerprint density at radius 3 is 2.47 bits per heavy atom. The van der Waals surface area contributed by atoms with Crippen LogP contribution in [0.5, 0.6) is 5.75 Å². The van der Waals surface area contributed by atoms with Gasteiger partial charge < -0.3 is 24.3 Å². The molecule has 1 aliphatic heterocycles. The monoisotopic (exact) mass is 548 g/mol. The second kappa shape index (κ2) is 11.2. The molecule has 2 aromatic carbocycles. The van der Waals surface area contributed by atoms with Crippen LogP contribution in [0.3, 0.4) is 0 Å². The lowest BCUT2D eigenvalue weighted by Crippen LogP contribution is -2.53. The molecule has 1 amide bonds. The quantitative estimate of drug-likeness (QED) is 0.297. The highest BCUT2D eigenvalue weighted by atomic mass is 127. The van der Waals surface area contributed by atoms with E-state index in [0.29, 0.717) is 25.4 Å². The maximum absolute atomic E-state index is 12.5. The number of ether oxygens (including phenoxy) is 1. The molecule has 2 heterocycles. The summed E-state index contributed by atoms with van der Waals surface area (Å²) < 4.78 is 10.5. The molecule has 8 heteroatoms. The van der Waals surface area contributed by atoms with Crippen molar-refractivity contribution in [1.82, 2.24) is 15.1 Å². The minimum atomic E-state index is -0.0561. The summed E-state index contributed by atoms with van der Waals surface area (Å²) in [7, 11) is 1.68. The van der Waals surface area contributed by atoms with Crippen LogP contribution in [0.1, 0.15) is 23.0 Å². The molecular weight excluding hydrogens is 519 g/mol. The average molecular weight is 548 g/mol. The van der Waals surface area contributed by atoms with E-state index >= 15 is 0 Å². The number of hydrogen-bond acceptors (Lipinski definition) is 4. The lowest BCUT2D eigenvalue weighted by molar-refractivity contribution is 0.0657. The maximum Gasteiger partial charge on any atom is 0.289 e. The van der Waals surface area contributed by atoms with Gasteiger partial charge in [0, 0.05) is 32.7 Å². The van der Waals surface area contributed by atoms with Crippen LogP contribution in [0, 0.1) is 0 Å². The van der Waals surface area contributed by atoms with Crippen LogP contribution in [0.25, 0.3) is 10.8 Å². The second-order valence-electron chi connectivity index (χ2n) is 7.47. The fraction of sp³-hybridized carbons (Fsp3) is 0.333. The van der Waals surface area contributed by atoms with Crippen LogP contribution >= 0.6 is 24.0 Å². The molecule has 0 radical (unpaired) electrons. The molecule has 3 aromatic rings. The first-order valence-electron chi connectivity index (χ1n) is 10.6. The van der Waals surface area contributed by atoms with Crippen molar-refractivity contribution >= 4 is 46.6 Å². The van der Waals surface area contributed by atoms with Crippen LogP contribution in [0.15, 0.2) is 64.2 Å². The van der Waals surface area contributed by atoms with E-state index in [1.165, 1.54) is 11.6 Å². The Morgan fingerprint density at radius 1 is 1.06 bits per heavy atom. The Balaban J connectivity index is 0.00000289. The first kappa shape index (κ1) is 23.9. The number of benzene rings is 2. The molecule has 1 fully saturated rings. The molecule has 0 atom stereocenters. The van der Waals surface area contributed by atoms with Gasteiger partial charge in [0.05, 0.1) is 19.9 Å². The molecule has 0 saturated carbocycles. The molecule has 1 aromatic heterocycles. The molecule has 0 unspecified atom stereocenters. The smallest absolute Gasteiger partial charge is 0.289 e. The molecule has 170 valence electrons. The van der Waals surface area contributed by atoms with Crippen LogP contribution in [-0.2, 0) is 6.54 Å². The molecule has 0 spiro atoms. The van der Waals surface area contributed by atoms with E-state index in [0.717, 1.165) is 42.3 Å². The molecule has 1 saturated heterocycles. The number of nitrogens with zero attached hydrogens (tertiary/aromatic N) is 3. The largest absolute Gasteiger partial charge is 0.497 e. The number of halogens is 1. The Kier molecular flexibility index (Phi) is 8.38. The molecule has 0 aliphatic carbocycles. The molecule has 1 N–H and O–H groups in total. The standard InChI is InChI=1S/C24H28N4O3.HI/c1-3-25-24(28-12-10-27(11-13-28)23(29)22-5-4-14-31-22)26-17-18-6-7-20-16-21(30-2)9-8-19(20)15-18;/h4-9,14-16H,3,10-13,17H2,1-2H3,(H,25,26);1H. The normalized spacial score (nSPS) is 14.2. The molecular formula is C24H29IN4O3. The van der Waals surface area contributed by atoms with Crippen molar-refractivity contribution in [3.8, 4) is 5.75 Å². The minimum Gasteiger partial charge on any atom is -0.497 e. The number of amides is 1. The van der Waals surface area contributed by atoms with Gasteiger partial charge in [0.25, 0.3) is 5.91 Å². The Labute approximate surface area is 205 Å². The van der Waals surface area contributed by atoms with E-state index in [-0.39, 0.29) is 29.9 Å². The van der Waals surface area contributed by atoms with Crippen molar-refractivity contribution in [1.29, 1.82) is 0 Å². The summed E-state index contributed by atoms with van der Waals surface area (Å²) in [5.74, 6) is 2.07. The third-order valence-electron chi connectivity index (χ3n) is 5.46. The summed E-state index contributed by atoms with van der Waals surface area (Å²) in [5, 5.41) is 5.70. The minimum absolute atomic E-state index is 0. The van der Waals surface area contributed by atoms with Crippen LogP contribution < -0.4 is 10.1 Å². The van der Waals surface area contributed by atoms with E-state index in [2.05, 4.69) is 41.4 Å². The van der Waals surface area contributed by atoms with Crippen molar-refractivity contribution in [2.24, 2.45) is 4.99 Å². The van der Waals surface area contributed by atoms with Crippen LogP contribution in [0.4, 0.5) is 0 Å². The summed E-state index contributed by atoms with van der Waals surface area (Å²) in [4.78, 5) is 21.4. The van der Waals surface area contributed by atoms with E-state index < -0.39 is 0 Å². The summed E-state index contributed by atoms with van der Waals surface area (Å²) >= 11 is 0. The van der Waals surface area contributed by atoms with E-state index in [9.17, 15) is 4.79 Å². The van der Waals surface area contributed by atoms with E-state index in [4.69, 9.17) is 14.1 Å². The van der Waals surface area contributed by atoms with Gasteiger partial charge in [-0.15, -0.1) is 24.0 Å². The predicted molar refractivity (Wildman–Crippen MR) is 137 cm³/mol. The molecule has 0 bridgehead atoms. The summed E-state index contributed by atoms with van der Waals surface area (Å²) in [5.41, 5.74) is 1.15. The van der Waals surface area contributed by atoms with Gasteiger partial charge in [-0.3, -0.25) is 4.79 Å². The second-order valence-corrected chi connectivity index (χ2v) is 7.47. The van der Waals surface area contributed by atoms with Gasteiger partial charge in [0.1, 0.15) is 5.75 Å². The fourth-order valence-corrected chi connectivity index (χ4v) is 3.77. The zero-order valence-corrected chi connectivity index (χ0v) is 20.7. The van der Waals surface area contributed by atoms with Crippen LogP contribution in [0.2, 0.25) is 0 Å². The van der Waals surface area contributed by atoms with Crippen molar-refractivity contribution in [3.63, 3.8) is 0 Å². The first-order chi connectivity index (χ1) is 15.2. The third kappa shape index (κ3) is 5.53. The number of methoxy groups -OCH3 is 1. The van der Waals surface area contributed by atoms with Gasteiger partial charge in [-0.25, -0.2) is 4.99 Å². The zero-order chi connectivity index (χ0) is 21.6. The molecule has 1 aliphatic rings. The van der Waals surface area contributed by atoms with Gasteiger partial charge >= 0.3 is 0 Å². The molecule has 4 rings (SSSR count).